The van der Waals surface area contributed by atoms with E-state index in [0.717, 1.165) is 18.2 Å². The van der Waals surface area contributed by atoms with Crippen LogP contribution in [-0.4, -0.2) is 13.7 Å². The molecule has 1 unspecified atom stereocenters. The van der Waals surface area contributed by atoms with E-state index in [1.807, 2.05) is 0 Å². The minimum absolute atomic E-state index is 0.162. The smallest absolute Gasteiger partial charge is 0.196 e. The second kappa shape index (κ2) is 4.49. The second-order valence-electron chi connectivity index (χ2n) is 3.25. The first kappa shape index (κ1) is 12.5. The van der Waals surface area contributed by atoms with Gasteiger partial charge in [-0.3, -0.25) is 0 Å². The molecule has 0 aliphatic rings. The summed E-state index contributed by atoms with van der Waals surface area (Å²) in [7, 11) is -3.80. The van der Waals surface area contributed by atoms with Crippen LogP contribution in [0.1, 0.15) is 13.3 Å². The zero-order chi connectivity index (χ0) is 12.3. The predicted molar refractivity (Wildman–Crippen MR) is 57.7 cm³/mol. The highest BCUT2D eigenvalue weighted by molar-refractivity contribution is 7.92. The molecule has 1 aromatic carbocycles. The number of benzene rings is 1. The first-order valence-corrected chi connectivity index (χ1v) is 6.16. The summed E-state index contributed by atoms with van der Waals surface area (Å²) in [5, 5.41) is 7.57. The van der Waals surface area contributed by atoms with Gasteiger partial charge in [0.15, 0.2) is 15.1 Å². The van der Waals surface area contributed by atoms with Gasteiger partial charge in [-0.05, 0) is 24.6 Å². The van der Waals surface area contributed by atoms with Crippen molar-refractivity contribution in [1.29, 1.82) is 5.26 Å². The molecule has 16 heavy (non-hydrogen) atoms. The molecule has 1 rings (SSSR count). The van der Waals surface area contributed by atoms with Gasteiger partial charge in [-0.25, -0.2) is 12.8 Å². The lowest BCUT2D eigenvalue weighted by molar-refractivity contribution is 0.587. The lowest BCUT2D eigenvalue weighted by Gasteiger charge is -2.10. The Balaban J connectivity index is 3.34. The molecule has 0 bridgehead atoms. The number of nitriles is 1. The number of nitrogens with two attached hydrogens (primary N) is 1. The molecule has 4 nitrogen and oxygen atoms in total. The van der Waals surface area contributed by atoms with Crippen molar-refractivity contribution in [3.05, 3.63) is 24.0 Å². The van der Waals surface area contributed by atoms with Crippen molar-refractivity contribution in [2.24, 2.45) is 0 Å². The molecule has 0 saturated heterocycles. The fourth-order valence-electron chi connectivity index (χ4n) is 1.31. The van der Waals surface area contributed by atoms with Crippen molar-refractivity contribution in [3.63, 3.8) is 0 Å². The number of rotatable bonds is 3. The van der Waals surface area contributed by atoms with Gasteiger partial charge in [0.25, 0.3) is 0 Å². The number of nitrogen functional groups attached to an aromatic ring is 1. The average Bonchev–Trinajstić information content (AvgIpc) is 2.18. The fraction of sp³-hybridized carbons (Fsp3) is 0.300. The van der Waals surface area contributed by atoms with Gasteiger partial charge in [-0.1, -0.05) is 6.92 Å². The summed E-state index contributed by atoms with van der Waals surface area (Å²) in [5.41, 5.74) is 5.25. The van der Waals surface area contributed by atoms with Crippen molar-refractivity contribution in [2.75, 3.05) is 5.73 Å². The van der Waals surface area contributed by atoms with Gasteiger partial charge in [-0.2, -0.15) is 5.26 Å². The molecule has 0 spiro atoms. The minimum atomic E-state index is -3.80. The third kappa shape index (κ3) is 2.14. The van der Waals surface area contributed by atoms with E-state index >= 15 is 0 Å². The number of nitrogens with zero attached hydrogens (tertiary/aromatic N) is 1. The molecule has 0 heterocycles. The molecule has 0 aromatic heterocycles. The van der Waals surface area contributed by atoms with Crippen LogP contribution < -0.4 is 5.73 Å². The zero-order valence-corrected chi connectivity index (χ0v) is 9.46. The second-order valence-corrected chi connectivity index (χ2v) is 5.35. The highest BCUT2D eigenvalue weighted by atomic mass is 32.2. The Labute approximate surface area is 93.4 Å². The van der Waals surface area contributed by atoms with Gasteiger partial charge in [-0.15, -0.1) is 0 Å². The Morgan fingerprint density at radius 3 is 2.62 bits per heavy atom. The number of hydrogen-bond donors (Lipinski definition) is 1. The Morgan fingerprint density at radius 1 is 1.56 bits per heavy atom. The summed E-state index contributed by atoms with van der Waals surface area (Å²) in [6, 6.07) is 4.71. The Bertz CT molecular complexity index is 534. The van der Waals surface area contributed by atoms with E-state index in [-0.39, 0.29) is 17.0 Å². The quantitative estimate of drug-likeness (QED) is 0.642. The summed E-state index contributed by atoms with van der Waals surface area (Å²) in [6.45, 7) is 1.59. The molecule has 0 fully saturated rings. The molecular weight excluding hydrogens is 231 g/mol. The summed E-state index contributed by atoms with van der Waals surface area (Å²) >= 11 is 0. The normalized spacial score (nSPS) is 13.1. The first-order valence-electron chi connectivity index (χ1n) is 4.62. The van der Waals surface area contributed by atoms with E-state index in [2.05, 4.69) is 0 Å². The van der Waals surface area contributed by atoms with Crippen LogP contribution in [0.5, 0.6) is 0 Å². The number of sulfone groups is 1. The van der Waals surface area contributed by atoms with Gasteiger partial charge in [0.05, 0.1) is 16.7 Å². The van der Waals surface area contributed by atoms with Gasteiger partial charge < -0.3 is 5.73 Å². The van der Waals surface area contributed by atoms with E-state index in [1.165, 1.54) is 0 Å². The highest BCUT2D eigenvalue weighted by Gasteiger charge is 2.27. The van der Waals surface area contributed by atoms with Crippen LogP contribution in [0.2, 0.25) is 0 Å². The molecule has 0 radical (unpaired) electrons. The molecule has 6 heteroatoms. The molecule has 0 aliphatic heterocycles. The third-order valence-electron chi connectivity index (χ3n) is 2.17. The van der Waals surface area contributed by atoms with Gasteiger partial charge >= 0.3 is 0 Å². The molecule has 1 atom stereocenters. The monoisotopic (exact) mass is 242 g/mol. The Kier molecular flexibility index (Phi) is 3.50. The van der Waals surface area contributed by atoms with Crippen LogP contribution in [0.4, 0.5) is 10.1 Å². The maximum atomic E-state index is 12.8. The minimum Gasteiger partial charge on any atom is -0.398 e. The van der Waals surface area contributed by atoms with Crippen molar-refractivity contribution < 1.29 is 12.8 Å². The summed E-state index contributed by atoms with van der Waals surface area (Å²) in [6.07, 6.45) is 0.162. The summed E-state index contributed by atoms with van der Waals surface area (Å²) < 4.78 is 36.6. The SMILES string of the molecule is CCC(C#N)S(=O)(=O)c1ccc(F)cc1N. The first-order chi connectivity index (χ1) is 7.43. The summed E-state index contributed by atoms with van der Waals surface area (Å²) in [5.74, 6) is -0.610. The molecule has 0 saturated carbocycles. The van der Waals surface area contributed by atoms with Crippen LogP contribution in [0.3, 0.4) is 0 Å². The van der Waals surface area contributed by atoms with Crippen LogP contribution in [0, 0.1) is 17.1 Å². The molecule has 1 aromatic rings. The number of hydrogen-bond acceptors (Lipinski definition) is 4. The van der Waals surface area contributed by atoms with E-state index in [9.17, 15) is 12.8 Å². The standard InChI is InChI=1S/C10H11FN2O2S/c1-2-8(6-12)16(14,15)10-4-3-7(11)5-9(10)13/h3-5,8H,2,13H2,1H3. The number of halogens is 1. The van der Waals surface area contributed by atoms with Crippen LogP contribution in [0.15, 0.2) is 23.1 Å². The van der Waals surface area contributed by atoms with Crippen LogP contribution in [-0.2, 0) is 9.84 Å². The zero-order valence-electron chi connectivity index (χ0n) is 8.64. The van der Waals surface area contributed by atoms with E-state index < -0.39 is 20.9 Å². The summed E-state index contributed by atoms with van der Waals surface area (Å²) in [4.78, 5) is -0.192. The van der Waals surface area contributed by atoms with E-state index in [0.29, 0.717) is 0 Å². The lowest BCUT2D eigenvalue weighted by Crippen LogP contribution is -2.20. The molecule has 2 N–H and O–H groups in total. The molecule has 86 valence electrons. The highest BCUT2D eigenvalue weighted by Crippen LogP contribution is 2.24. The molecule has 0 amide bonds. The van der Waals surface area contributed by atoms with Gasteiger partial charge in [0.2, 0.25) is 0 Å². The van der Waals surface area contributed by atoms with E-state index in [1.54, 1.807) is 13.0 Å². The lowest BCUT2D eigenvalue weighted by atomic mass is 10.3. The number of anilines is 1. The Morgan fingerprint density at radius 2 is 2.19 bits per heavy atom. The predicted octanol–water partition coefficient (Wildman–Crippen LogP) is 1.48. The van der Waals surface area contributed by atoms with Crippen LogP contribution >= 0.6 is 0 Å². The van der Waals surface area contributed by atoms with Gasteiger partial charge in [0.1, 0.15) is 5.82 Å². The average molecular weight is 242 g/mol. The van der Waals surface area contributed by atoms with Crippen molar-refractivity contribution in [3.8, 4) is 6.07 Å². The topological polar surface area (TPSA) is 84.0 Å². The van der Waals surface area contributed by atoms with Gasteiger partial charge in [0, 0.05) is 0 Å². The van der Waals surface area contributed by atoms with E-state index in [4.69, 9.17) is 11.0 Å². The Hall–Kier alpha value is -1.61. The maximum Gasteiger partial charge on any atom is 0.196 e. The maximum absolute atomic E-state index is 12.8. The van der Waals surface area contributed by atoms with Crippen molar-refractivity contribution in [1.82, 2.24) is 0 Å². The largest absolute Gasteiger partial charge is 0.398 e. The van der Waals surface area contributed by atoms with Crippen molar-refractivity contribution in [2.45, 2.75) is 23.5 Å². The van der Waals surface area contributed by atoms with Crippen LogP contribution in [0.25, 0.3) is 0 Å². The molecular formula is C10H11FN2O2S. The fourth-order valence-corrected chi connectivity index (χ4v) is 2.84. The molecule has 0 aliphatic carbocycles. The third-order valence-corrected chi connectivity index (χ3v) is 4.34. The van der Waals surface area contributed by atoms with Crippen molar-refractivity contribution >= 4 is 15.5 Å².